The SMILES string of the molecule is COc1ccc2c3c1OC1CC(O)C=CC31CCN(C(=O)C(NC(=O)C(Cc1ccccc1)NC(=O)c1ccncc1)Oc1ccccc1)C2. The average Bonchev–Trinajstić information content (AvgIpc) is 3.38. The second-order valence-corrected chi connectivity index (χ2v) is 12.7. The van der Waals surface area contributed by atoms with Crippen LogP contribution in [0, 0.1) is 0 Å². The zero-order chi connectivity index (χ0) is 34.7. The molecule has 0 saturated carbocycles. The van der Waals surface area contributed by atoms with Crippen LogP contribution < -0.4 is 24.8 Å². The van der Waals surface area contributed by atoms with Crippen LogP contribution in [0.25, 0.3) is 0 Å². The summed E-state index contributed by atoms with van der Waals surface area (Å²) in [7, 11) is 1.59. The van der Waals surface area contributed by atoms with Gasteiger partial charge in [-0.1, -0.05) is 66.7 Å². The van der Waals surface area contributed by atoms with Crippen LogP contribution in [0.4, 0.5) is 0 Å². The molecule has 4 aromatic rings. The van der Waals surface area contributed by atoms with Crippen molar-refractivity contribution in [1.82, 2.24) is 20.5 Å². The number of carbonyl (C=O) groups excluding carboxylic acids is 3. The maximum atomic E-state index is 14.5. The Morgan fingerprint density at radius 2 is 1.74 bits per heavy atom. The number of nitrogens with zero attached hydrogens (tertiary/aromatic N) is 2. The minimum atomic E-state index is -1.41. The molecule has 1 aliphatic carbocycles. The average molecular weight is 675 g/mol. The molecular formula is C39H38N4O7. The normalized spacial score (nSPS) is 21.4. The van der Waals surface area contributed by atoms with Gasteiger partial charge in [0.25, 0.3) is 18.0 Å². The second kappa shape index (κ2) is 14.0. The number of hydrogen-bond acceptors (Lipinski definition) is 8. The first-order valence-electron chi connectivity index (χ1n) is 16.6. The van der Waals surface area contributed by atoms with Gasteiger partial charge >= 0.3 is 0 Å². The molecule has 7 rings (SSSR count). The Labute approximate surface area is 289 Å². The number of carbonyl (C=O) groups is 3. The van der Waals surface area contributed by atoms with Crippen LogP contribution in [0.5, 0.6) is 17.2 Å². The molecule has 1 spiro atoms. The summed E-state index contributed by atoms with van der Waals surface area (Å²) in [6.07, 6.45) is 5.54. The van der Waals surface area contributed by atoms with Crippen molar-refractivity contribution in [3.8, 4) is 17.2 Å². The summed E-state index contributed by atoms with van der Waals surface area (Å²) in [5.74, 6) is 0.137. The van der Waals surface area contributed by atoms with Gasteiger partial charge in [-0.2, -0.15) is 0 Å². The van der Waals surface area contributed by atoms with E-state index in [0.29, 0.717) is 42.2 Å². The van der Waals surface area contributed by atoms with E-state index in [-0.39, 0.29) is 19.1 Å². The number of ether oxygens (including phenoxy) is 3. The van der Waals surface area contributed by atoms with E-state index in [2.05, 4.69) is 15.6 Å². The van der Waals surface area contributed by atoms with Crippen LogP contribution in [-0.4, -0.2) is 70.8 Å². The van der Waals surface area contributed by atoms with E-state index in [1.807, 2.05) is 54.6 Å². The number of pyridine rings is 1. The number of aliphatic hydroxyl groups excluding tert-OH is 1. The van der Waals surface area contributed by atoms with E-state index >= 15 is 0 Å². The van der Waals surface area contributed by atoms with Gasteiger partial charge in [-0.3, -0.25) is 19.4 Å². The van der Waals surface area contributed by atoms with Crippen molar-refractivity contribution < 1.29 is 33.7 Å². The van der Waals surface area contributed by atoms with Gasteiger partial charge in [0.05, 0.1) is 18.6 Å². The van der Waals surface area contributed by atoms with E-state index in [1.54, 1.807) is 54.5 Å². The molecule has 1 aromatic heterocycles. The molecule has 3 aromatic carbocycles. The molecule has 11 nitrogen and oxygen atoms in total. The lowest BCUT2D eigenvalue weighted by Crippen LogP contribution is -2.57. The van der Waals surface area contributed by atoms with Gasteiger partial charge < -0.3 is 34.9 Å². The fourth-order valence-electron chi connectivity index (χ4n) is 7.10. The number of amides is 3. The number of aromatic nitrogens is 1. The van der Waals surface area contributed by atoms with Crippen molar-refractivity contribution in [2.24, 2.45) is 0 Å². The van der Waals surface area contributed by atoms with E-state index in [1.165, 1.54) is 12.4 Å². The van der Waals surface area contributed by atoms with E-state index in [0.717, 1.165) is 16.7 Å². The first-order chi connectivity index (χ1) is 24.3. The first-order valence-corrected chi connectivity index (χ1v) is 16.6. The molecular weight excluding hydrogens is 636 g/mol. The largest absolute Gasteiger partial charge is 0.493 e. The topological polar surface area (TPSA) is 139 Å². The molecule has 3 heterocycles. The minimum absolute atomic E-state index is 0.180. The number of aliphatic hydroxyl groups is 1. The van der Waals surface area contributed by atoms with E-state index in [9.17, 15) is 19.5 Å². The third-order valence-electron chi connectivity index (χ3n) is 9.61. The Balaban J connectivity index is 1.19. The Morgan fingerprint density at radius 1 is 1.00 bits per heavy atom. The van der Waals surface area contributed by atoms with Crippen molar-refractivity contribution in [3.63, 3.8) is 0 Å². The van der Waals surface area contributed by atoms with E-state index in [4.69, 9.17) is 14.2 Å². The number of methoxy groups -OCH3 is 1. The van der Waals surface area contributed by atoms with Crippen molar-refractivity contribution in [2.75, 3.05) is 13.7 Å². The van der Waals surface area contributed by atoms with Gasteiger partial charge in [-0.15, -0.1) is 0 Å². The van der Waals surface area contributed by atoms with Gasteiger partial charge in [-0.05, 0) is 47.9 Å². The molecule has 3 amide bonds. The maximum absolute atomic E-state index is 14.5. The van der Waals surface area contributed by atoms with Gasteiger partial charge in [-0.25, -0.2) is 0 Å². The molecule has 256 valence electrons. The predicted molar refractivity (Wildman–Crippen MR) is 184 cm³/mol. The molecule has 5 unspecified atom stereocenters. The monoisotopic (exact) mass is 674 g/mol. The van der Waals surface area contributed by atoms with Gasteiger partial charge in [0.1, 0.15) is 17.9 Å². The zero-order valence-corrected chi connectivity index (χ0v) is 27.5. The molecule has 11 heteroatoms. The summed E-state index contributed by atoms with van der Waals surface area (Å²) in [6.45, 7) is 0.558. The van der Waals surface area contributed by atoms with Crippen LogP contribution in [0.15, 0.2) is 109 Å². The number of rotatable bonds is 10. The Morgan fingerprint density at radius 3 is 2.48 bits per heavy atom. The third-order valence-corrected chi connectivity index (χ3v) is 9.61. The van der Waals surface area contributed by atoms with Gasteiger partial charge in [0, 0.05) is 49.5 Å². The molecule has 0 saturated heterocycles. The Hall–Kier alpha value is -5.68. The van der Waals surface area contributed by atoms with E-state index < -0.39 is 41.5 Å². The molecule has 50 heavy (non-hydrogen) atoms. The molecule has 3 N–H and O–H groups in total. The van der Waals surface area contributed by atoms with Crippen LogP contribution in [0.3, 0.4) is 0 Å². The highest BCUT2D eigenvalue weighted by Gasteiger charge is 2.53. The summed E-state index contributed by atoms with van der Waals surface area (Å²) in [5.41, 5.74) is 2.44. The van der Waals surface area contributed by atoms with Crippen molar-refractivity contribution in [3.05, 3.63) is 132 Å². The number of nitrogens with one attached hydrogen (secondary N) is 2. The molecule has 3 aliphatic rings. The first kappa shape index (κ1) is 32.8. The third kappa shape index (κ3) is 6.51. The second-order valence-electron chi connectivity index (χ2n) is 12.7. The quantitative estimate of drug-likeness (QED) is 0.171. The van der Waals surface area contributed by atoms with Crippen molar-refractivity contribution in [1.29, 1.82) is 0 Å². The lowest BCUT2D eigenvalue weighted by Gasteiger charge is -2.36. The number of hydrogen-bond donors (Lipinski definition) is 3. The smallest absolute Gasteiger partial charge is 0.285 e. The summed E-state index contributed by atoms with van der Waals surface area (Å²) in [6, 6.07) is 24.0. The predicted octanol–water partition coefficient (Wildman–Crippen LogP) is 3.70. The van der Waals surface area contributed by atoms with Crippen molar-refractivity contribution >= 4 is 17.7 Å². The fourth-order valence-corrected chi connectivity index (χ4v) is 7.10. The summed E-state index contributed by atoms with van der Waals surface area (Å²) in [4.78, 5) is 47.6. The molecule has 2 aliphatic heterocycles. The number of para-hydroxylation sites is 1. The summed E-state index contributed by atoms with van der Waals surface area (Å²) < 4.78 is 18.3. The number of benzene rings is 3. The van der Waals surface area contributed by atoms with Crippen LogP contribution >= 0.6 is 0 Å². The molecule has 0 fully saturated rings. The fraction of sp³-hybridized carbons (Fsp3) is 0.282. The standard InChI is InChI=1S/C39H38N4O7/c1-48-31-13-12-27-24-43(21-18-39-17-14-28(44)23-32(39)50-34(31)33(27)39)38(47)37(49-29-10-6-3-7-11-29)42-36(46)30(22-25-8-4-2-5-9-25)41-35(45)26-15-19-40-20-16-26/h2-17,19-20,28,30,32,37,44H,18,21-24H2,1H3,(H,41,45)(H,42,46). The zero-order valence-electron chi connectivity index (χ0n) is 27.5. The van der Waals surface area contributed by atoms with Crippen molar-refractivity contribution in [2.45, 2.75) is 55.7 Å². The van der Waals surface area contributed by atoms with Gasteiger partial charge in [0.15, 0.2) is 11.5 Å². The molecule has 5 atom stereocenters. The van der Waals surface area contributed by atoms with Crippen LogP contribution in [0.2, 0.25) is 0 Å². The van der Waals surface area contributed by atoms with Crippen LogP contribution in [0.1, 0.15) is 39.9 Å². The highest BCUT2D eigenvalue weighted by atomic mass is 16.5. The lowest BCUT2D eigenvalue weighted by molar-refractivity contribution is -0.144. The molecule has 0 radical (unpaired) electrons. The minimum Gasteiger partial charge on any atom is -0.493 e. The van der Waals surface area contributed by atoms with Crippen LogP contribution in [-0.2, 0) is 28.0 Å². The molecule has 0 bridgehead atoms. The Kier molecular flexibility index (Phi) is 9.23. The highest BCUT2D eigenvalue weighted by Crippen LogP contribution is 2.55. The van der Waals surface area contributed by atoms with Gasteiger partial charge in [0.2, 0.25) is 5.91 Å². The maximum Gasteiger partial charge on any atom is 0.285 e. The highest BCUT2D eigenvalue weighted by molar-refractivity contribution is 5.98. The Bertz CT molecular complexity index is 1890. The summed E-state index contributed by atoms with van der Waals surface area (Å²) in [5, 5.41) is 16.1. The summed E-state index contributed by atoms with van der Waals surface area (Å²) >= 11 is 0. The lowest BCUT2D eigenvalue weighted by atomic mass is 9.69.